The van der Waals surface area contributed by atoms with E-state index in [0.29, 0.717) is 23.4 Å². The van der Waals surface area contributed by atoms with Crippen molar-refractivity contribution in [2.45, 2.75) is 64.1 Å². The molecule has 5 rings (SSSR count). The van der Waals surface area contributed by atoms with E-state index in [1.807, 2.05) is 41.1 Å². The lowest BCUT2D eigenvalue weighted by Gasteiger charge is -2.25. The fourth-order valence-corrected chi connectivity index (χ4v) is 5.15. The Morgan fingerprint density at radius 2 is 1.64 bits per heavy atom. The van der Waals surface area contributed by atoms with Crippen LogP contribution in [0.15, 0.2) is 60.7 Å². The first-order valence-corrected chi connectivity index (χ1v) is 12.3. The molecule has 0 spiro atoms. The molecule has 8 nitrogen and oxygen atoms in total. The van der Waals surface area contributed by atoms with Gasteiger partial charge in [0, 0.05) is 23.7 Å². The average Bonchev–Trinajstić information content (AvgIpc) is 3.56. The maximum atomic E-state index is 13.0. The van der Waals surface area contributed by atoms with Crippen molar-refractivity contribution in [2.24, 2.45) is 0 Å². The second-order valence-electron chi connectivity index (χ2n) is 10.4. The maximum absolute atomic E-state index is 13.0. The Labute approximate surface area is 210 Å². The molecule has 3 amide bonds. The Morgan fingerprint density at radius 1 is 1.00 bits per heavy atom. The smallest absolute Gasteiger partial charge is 0.413 e. The normalized spacial score (nSPS) is 19.5. The van der Waals surface area contributed by atoms with Crippen LogP contribution in [-0.4, -0.2) is 38.6 Å². The third-order valence-corrected chi connectivity index (χ3v) is 6.83. The predicted octanol–water partition coefficient (Wildman–Crippen LogP) is 5.32. The van der Waals surface area contributed by atoms with Crippen LogP contribution >= 0.6 is 0 Å². The monoisotopic (exact) mass is 486 g/mol. The zero-order valence-corrected chi connectivity index (χ0v) is 20.7. The summed E-state index contributed by atoms with van der Waals surface area (Å²) in [7, 11) is 0. The van der Waals surface area contributed by atoms with Crippen molar-refractivity contribution in [1.82, 2.24) is 14.7 Å². The van der Waals surface area contributed by atoms with Gasteiger partial charge in [-0.1, -0.05) is 42.5 Å². The number of amides is 3. The number of carbonyl (C=O) groups excluding carboxylic acids is 3. The number of nitrogens with zero attached hydrogens (tertiary/aromatic N) is 3. The minimum Gasteiger partial charge on any atom is -0.444 e. The van der Waals surface area contributed by atoms with Gasteiger partial charge < -0.3 is 4.74 Å². The molecule has 0 saturated heterocycles. The number of nitrogens with one attached hydrogen (secondary N) is 1. The molecule has 2 aliphatic rings. The summed E-state index contributed by atoms with van der Waals surface area (Å²) in [6.45, 7) is 6.33. The van der Waals surface area contributed by atoms with Crippen molar-refractivity contribution in [1.29, 1.82) is 0 Å². The molecule has 1 saturated carbocycles. The number of benzene rings is 2. The Morgan fingerprint density at radius 3 is 2.28 bits per heavy atom. The van der Waals surface area contributed by atoms with Crippen LogP contribution in [0.25, 0.3) is 0 Å². The summed E-state index contributed by atoms with van der Waals surface area (Å²) in [5.74, 6) is 0.0901. The summed E-state index contributed by atoms with van der Waals surface area (Å²) in [4.78, 5) is 39.8. The van der Waals surface area contributed by atoms with E-state index in [-0.39, 0.29) is 35.9 Å². The highest BCUT2D eigenvalue weighted by atomic mass is 16.5. The molecule has 1 aliphatic carbocycles. The molecule has 186 valence electrons. The molecule has 0 bridgehead atoms. The topological polar surface area (TPSA) is 93.5 Å². The summed E-state index contributed by atoms with van der Waals surface area (Å²) in [6, 6.07) is 18.2. The minimum absolute atomic E-state index is 0.0990. The molecule has 2 heterocycles. The summed E-state index contributed by atoms with van der Waals surface area (Å²) in [5, 5.41) is 7.41. The highest BCUT2D eigenvalue weighted by molar-refractivity contribution is 6.21. The van der Waals surface area contributed by atoms with Gasteiger partial charge in [-0.25, -0.2) is 4.79 Å². The van der Waals surface area contributed by atoms with Crippen molar-refractivity contribution < 1.29 is 19.1 Å². The third-order valence-electron chi connectivity index (χ3n) is 6.83. The van der Waals surface area contributed by atoms with Gasteiger partial charge >= 0.3 is 6.09 Å². The number of carbonyl (C=O) groups is 3. The molecule has 0 radical (unpaired) electrons. The van der Waals surface area contributed by atoms with E-state index in [0.717, 1.165) is 24.1 Å². The lowest BCUT2D eigenvalue weighted by Crippen LogP contribution is -2.38. The van der Waals surface area contributed by atoms with Crippen LogP contribution in [0.5, 0.6) is 0 Å². The van der Waals surface area contributed by atoms with Crippen LogP contribution in [0.1, 0.15) is 77.9 Å². The minimum atomic E-state index is -0.570. The number of fused-ring (bicyclic) bond motifs is 1. The largest absolute Gasteiger partial charge is 0.444 e. The highest BCUT2D eigenvalue weighted by Gasteiger charge is 2.43. The molecule has 2 aromatic carbocycles. The Bertz CT molecular complexity index is 1270. The SMILES string of the molecule is CC(C)(C)n1nc(NC(=O)OCc2ccccc2)cc1[C@H]1CC[C@@H](N2C(=O)c3ccccc3C2=O)C1. The van der Waals surface area contributed by atoms with Crippen LogP contribution < -0.4 is 5.32 Å². The Balaban J connectivity index is 1.30. The Hall–Kier alpha value is -3.94. The summed E-state index contributed by atoms with van der Waals surface area (Å²) in [6.07, 6.45) is 1.63. The van der Waals surface area contributed by atoms with Gasteiger partial charge in [0.25, 0.3) is 11.8 Å². The number of hydrogen-bond donors (Lipinski definition) is 1. The number of aromatic nitrogens is 2. The van der Waals surface area contributed by atoms with Gasteiger partial charge in [-0.15, -0.1) is 0 Å². The van der Waals surface area contributed by atoms with Crippen molar-refractivity contribution in [2.75, 3.05) is 5.32 Å². The van der Waals surface area contributed by atoms with Crippen molar-refractivity contribution in [3.8, 4) is 0 Å². The van der Waals surface area contributed by atoms with Crippen molar-refractivity contribution >= 4 is 23.7 Å². The van der Waals surface area contributed by atoms with Gasteiger partial charge in [0.2, 0.25) is 0 Å². The highest BCUT2D eigenvalue weighted by Crippen LogP contribution is 2.41. The zero-order chi connectivity index (χ0) is 25.4. The number of ether oxygens (including phenoxy) is 1. The molecule has 1 aliphatic heterocycles. The van der Waals surface area contributed by atoms with Crippen molar-refractivity contribution in [3.05, 3.63) is 83.0 Å². The van der Waals surface area contributed by atoms with E-state index in [2.05, 4.69) is 31.2 Å². The van der Waals surface area contributed by atoms with Gasteiger partial charge in [0.05, 0.1) is 16.7 Å². The number of imide groups is 1. The second-order valence-corrected chi connectivity index (χ2v) is 10.4. The number of hydrogen-bond acceptors (Lipinski definition) is 5. The number of rotatable bonds is 5. The molecular formula is C28H30N4O4. The molecule has 8 heteroatoms. The molecule has 2 atom stereocenters. The van der Waals surface area contributed by atoms with E-state index in [1.165, 1.54) is 4.90 Å². The van der Waals surface area contributed by atoms with E-state index in [4.69, 9.17) is 4.74 Å². The zero-order valence-electron chi connectivity index (χ0n) is 20.7. The molecule has 3 aromatic rings. The first-order chi connectivity index (χ1) is 17.2. The Kier molecular flexibility index (Phi) is 6.12. The lowest BCUT2D eigenvalue weighted by atomic mass is 10.0. The van der Waals surface area contributed by atoms with Crippen LogP contribution in [0, 0.1) is 0 Å². The van der Waals surface area contributed by atoms with Gasteiger partial charge in [-0.05, 0) is 57.7 Å². The summed E-state index contributed by atoms with van der Waals surface area (Å²) >= 11 is 0. The standard InChI is InChI=1S/C28H30N4O4/c1-28(2,3)32-23(16-24(30-32)29-27(35)36-17-18-9-5-4-6-10-18)19-13-14-20(15-19)31-25(33)21-11-7-8-12-22(21)26(31)34/h4-12,16,19-20H,13-15,17H2,1-3H3,(H,29,30,35)/t19-,20+/m0/s1. The van der Waals surface area contributed by atoms with E-state index in [9.17, 15) is 14.4 Å². The van der Waals surface area contributed by atoms with E-state index >= 15 is 0 Å². The van der Waals surface area contributed by atoms with Gasteiger partial charge in [-0.3, -0.25) is 24.5 Å². The predicted molar refractivity (Wildman–Crippen MR) is 135 cm³/mol. The average molecular weight is 487 g/mol. The lowest BCUT2D eigenvalue weighted by molar-refractivity contribution is 0.0586. The first kappa shape index (κ1) is 23.8. The molecule has 0 unspecified atom stereocenters. The fourth-order valence-electron chi connectivity index (χ4n) is 5.15. The number of anilines is 1. The molecular weight excluding hydrogens is 456 g/mol. The quantitative estimate of drug-likeness (QED) is 0.493. The maximum Gasteiger partial charge on any atom is 0.413 e. The van der Waals surface area contributed by atoms with E-state index in [1.54, 1.807) is 24.3 Å². The van der Waals surface area contributed by atoms with E-state index < -0.39 is 6.09 Å². The molecule has 1 N–H and O–H groups in total. The van der Waals surface area contributed by atoms with Gasteiger partial charge in [0.15, 0.2) is 5.82 Å². The van der Waals surface area contributed by atoms with Crippen LogP contribution in [0.3, 0.4) is 0 Å². The first-order valence-electron chi connectivity index (χ1n) is 12.3. The molecule has 1 fully saturated rings. The van der Waals surface area contributed by atoms with Gasteiger partial charge in [0.1, 0.15) is 6.61 Å². The second kappa shape index (κ2) is 9.26. The third kappa shape index (κ3) is 4.51. The van der Waals surface area contributed by atoms with Gasteiger partial charge in [-0.2, -0.15) is 5.10 Å². The molecule has 36 heavy (non-hydrogen) atoms. The summed E-state index contributed by atoms with van der Waals surface area (Å²) < 4.78 is 7.28. The van der Waals surface area contributed by atoms with Crippen molar-refractivity contribution in [3.63, 3.8) is 0 Å². The van der Waals surface area contributed by atoms with Crippen LogP contribution in [0.4, 0.5) is 10.6 Å². The summed E-state index contributed by atoms with van der Waals surface area (Å²) in [5.41, 5.74) is 2.51. The van der Waals surface area contributed by atoms with Crippen LogP contribution in [-0.2, 0) is 16.9 Å². The molecule has 1 aromatic heterocycles. The fraction of sp³-hybridized carbons (Fsp3) is 0.357. The van der Waals surface area contributed by atoms with Crippen LogP contribution in [0.2, 0.25) is 0 Å².